The van der Waals surface area contributed by atoms with Gasteiger partial charge in [0.15, 0.2) is 0 Å². The number of nitrogens with zero attached hydrogens (tertiary/aromatic N) is 2. The second-order valence-electron chi connectivity index (χ2n) is 4.45. The first kappa shape index (κ1) is 11.9. The minimum atomic E-state index is 0.905. The van der Waals surface area contributed by atoms with Crippen LogP contribution in [0.3, 0.4) is 0 Å². The Labute approximate surface area is 103 Å². The van der Waals surface area contributed by atoms with Crippen molar-refractivity contribution >= 4 is 0 Å². The molecule has 3 heteroatoms. The molecular weight excluding hydrogens is 210 g/mol. The zero-order chi connectivity index (χ0) is 12.1. The first-order valence-corrected chi connectivity index (χ1v) is 5.97. The Hall–Kier alpha value is -1.61. The smallest absolute Gasteiger partial charge is 0.0925 e. The molecule has 0 aliphatic carbocycles. The van der Waals surface area contributed by atoms with Gasteiger partial charge in [0.1, 0.15) is 0 Å². The maximum atomic E-state index is 4.31. The van der Waals surface area contributed by atoms with Crippen LogP contribution < -0.4 is 0 Å². The molecule has 0 saturated heterocycles. The molecule has 1 N–H and O–H groups in total. The van der Waals surface area contributed by atoms with Crippen molar-refractivity contribution in [2.75, 3.05) is 13.6 Å². The van der Waals surface area contributed by atoms with Crippen LogP contribution in [0.1, 0.15) is 17.0 Å². The Morgan fingerprint density at radius 1 is 1.24 bits per heavy atom. The molecular formula is C14H19N3. The zero-order valence-corrected chi connectivity index (χ0v) is 10.5. The van der Waals surface area contributed by atoms with Crippen LogP contribution in [0.15, 0.2) is 36.7 Å². The minimum absolute atomic E-state index is 0.905. The Bertz CT molecular complexity index is 448. The van der Waals surface area contributed by atoms with E-state index in [4.69, 9.17) is 0 Å². The molecule has 1 aromatic heterocycles. The molecule has 0 atom stereocenters. The molecule has 1 aromatic carbocycles. The molecule has 0 amide bonds. The molecule has 0 saturated carbocycles. The number of aromatic nitrogens is 2. The summed E-state index contributed by atoms with van der Waals surface area (Å²) in [4.78, 5) is 9.73. The Morgan fingerprint density at radius 3 is 2.65 bits per heavy atom. The standard InChI is InChI=1S/C14H19N3/c1-12-14(16-11-15-12)10-17(2)9-8-13-6-4-3-5-7-13/h3-7,11H,8-10H2,1-2H3,(H,15,16). The van der Waals surface area contributed by atoms with E-state index in [1.54, 1.807) is 6.33 Å². The zero-order valence-electron chi connectivity index (χ0n) is 10.5. The van der Waals surface area contributed by atoms with Gasteiger partial charge < -0.3 is 9.88 Å². The van der Waals surface area contributed by atoms with Crippen LogP contribution in [0.2, 0.25) is 0 Å². The lowest BCUT2D eigenvalue weighted by atomic mass is 10.1. The molecule has 0 fully saturated rings. The molecule has 0 aliphatic rings. The number of hydrogen-bond acceptors (Lipinski definition) is 2. The molecule has 1 heterocycles. The van der Waals surface area contributed by atoms with Gasteiger partial charge in [-0.25, -0.2) is 4.98 Å². The highest BCUT2D eigenvalue weighted by molar-refractivity contribution is 5.15. The van der Waals surface area contributed by atoms with Crippen LogP contribution in [0, 0.1) is 6.92 Å². The molecule has 3 nitrogen and oxygen atoms in total. The van der Waals surface area contributed by atoms with Crippen molar-refractivity contribution in [3.05, 3.63) is 53.6 Å². The van der Waals surface area contributed by atoms with Gasteiger partial charge in [0, 0.05) is 18.8 Å². The van der Waals surface area contributed by atoms with Crippen molar-refractivity contribution in [3.8, 4) is 0 Å². The summed E-state index contributed by atoms with van der Waals surface area (Å²) in [5.74, 6) is 0. The highest BCUT2D eigenvalue weighted by Crippen LogP contribution is 2.06. The van der Waals surface area contributed by atoms with Crippen LogP contribution >= 0.6 is 0 Å². The highest BCUT2D eigenvalue weighted by atomic mass is 15.1. The third-order valence-electron chi connectivity index (χ3n) is 2.98. The van der Waals surface area contributed by atoms with Gasteiger partial charge in [0.05, 0.1) is 12.0 Å². The second kappa shape index (κ2) is 5.64. The second-order valence-corrected chi connectivity index (χ2v) is 4.45. The van der Waals surface area contributed by atoms with Crippen LogP contribution in [0.25, 0.3) is 0 Å². The number of nitrogens with one attached hydrogen (secondary N) is 1. The molecule has 0 bridgehead atoms. The molecule has 2 aromatic rings. The predicted molar refractivity (Wildman–Crippen MR) is 69.8 cm³/mol. The van der Waals surface area contributed by atoms with E-state index >= 15 is 0 Å². The minimum Gasteiger partial charge on any atom is -0.348 e. The van der Waals surface area contributed by atoms with Crippen LogP contribution in [-0.4, -0.2) is 28.5 Å². The van der Waals surface area contributed by atoms with Crippen LogP contribution in [0.5, 0.6) is 0 Å². The number of benzene rings is 1. The monoisotopic (exact) mass is 229 g/mol. The van der Waals surface area contributed by atoms with E-state index in [9.17, 15) is 0 Å². The van der Waals surface area contributed by atoms with Gasteiger partial charge >= 0.3 is 0 Å². The predicted octanol–water partition coefficient (Wildman–Crippen LogP) is 2.39. The molecule has 0 spiro atoms. The Morgan fingerprint density at radius 2 is 2.00 bits per heavy atom. The average molecular weight is 229 g/mol. The quantitative estimate of drug-likeness (QED) is 0.853. The normalized spacial score (nSPS) is 11.0. The van der Waals surface area contributed by atoms with E-state index in [1.807, 2.05) is 0 Å². The van der Waals surface area contributed by atoms with Gasteiger partial charge in [-0.3, -0.25) is 0 Å². The fourth-order valence-electron chi connectivity index (χ4n) is 1.85. The van der Waals surface area contributed by atoms with Crippen molar-refractivity contribution in [1.29, 1.82) is 0 Å². The number of likely N-dealkylation sites (N-methyl/N-ethyl adjacent to an activating group) is 1. The maximum absolute atomic E-state index is 4.31. The van der Waals surface area contributed by atoms with Crippen LogP contribution in [-0.2, 0) is 13.0 Å². The third-order valence-corrected chi connectivity index (χ3v) is 2.98. The first-order valence-electron chi connectivity index (χ1n) is 5.97. The van der Waals surface area contributed by atoms with Crippen molar-refractivity contribution in [1.82, 2.24) is 14.9 Å². The van der Waals surface area contributed by atoms with E-state index in [0.29, 0.717) is 0 Å². The molecule has 0 radical (unpaired) electrons. The van der Waals surface area contributed by atoms with Crippen LogP contribution in [0.4, 0.5) is 0 Å². The van der Waals surface area contributed by atoms with Gasteiger partial charge in [-0.15, -0.1) is 0 Å². The van der Waals surface area contributed by atoms with E-state index in [1.165, 1.54) is 5.56 Å². The summed E-state index contributed by atoms with van der Waals surface area (Å²) >= 11 is 0. The van der Waals surface area contributed by atoms with E-state index < -0.39 is 0 Å². The molecule has 90 valence electrons. The molecule has 2 rings (SSSR count). The number of rotatable bonds is 5. The lowest BCUT2D eigenvalue weighted by Crippen LogP contribution is -2.21. The maximum Gasteiger partial charge on any atom is 0.0925 e. The number of imidazole rings is 1. The number of aryl methyl sites for hydroxylation is 1. The first-order chi connectivity index (χ1) is 8.25. The summed E-state index contributed by atoms with van der Waals surface area (Å²) in [5.41, 5.74) is 3.69. The largest absolute Gasteiger partial charge is 0.348 e. The fraction of sp³-hybridized carbons (Fsp3) is 0.357. The van der Waals surface area contributed by atoms with E-state index in [-0.39, 0.29) is 0 Å². The van der Waals surface area contributed by atoms with Gasteiger partial charge in [-0.1, -0.05) is 30.3 Å². The SMILES string of the molecule is Cc1[nH]cnc1CN(C)CCc1ccccc1. The lowest BCUT2D eigenvalue weighted by Gasteiger charge is -2.15. The van der Waals surface area contributed by atoms with Gasteiger partial charge in [-0.2, -0.15) is 0 Å². The van der Waals surface area contributed by atoms with Gasteiger partial charge in [-0.05, 0) is 26.0 Å². The van der Waals surface area contributed by atoms with Crippen molar-refractivity contribution in [2.45, 2.75) is 19.9 Å². The summed E-state index contributed by atoms with van der Waals surface area (Å²) in [7, 11) is 2.14. The average Bonchev–Trinajstić information content (AvgIpc) is 2.74. The Balaban J connectivity index is 1.82. The highest BCUT2D eigenvalue weighted by Gasteiger charge is 2.05. The molecule has 0 aliphatic heterocycles. The van der Waals surface area contributed by atoms with Crippen molar-refractivity contribution < 1.29 is 0 Å². The van der Waals surface area contributed by atoms with E-state index in [0.717, 1.165) is 30.9 Å². The summed E-state index contributed by atoms with van der Waals surface area (Å²) in [6.45, 7) is 4.02. The Kier molecular flexibility index (Phi) is 3.94. The number of H-pyrrole nitrogens is 1. The molecule has 0 unspecified atom stereocenters. The van der Waals surface area contributed by atoms with Crippen molar-refractivity contribution in [2.24, 2.45) is 0 Å². The summed E-state index contributed by atoms with van der Waals surface area (Å²) in [6.07, 6.45) is 2.84. The van der Waals surface area contributed by atoms with Gasteiger partial charge in [0.25, 0.3) is 0 Å². The summed E-state index contributed by atoms with van der Waals surface area (Å²) in [6, 6.07) is 10.6. The van der Waals surface area contributed by atoms with Gasteiger partial charge in [0.2, 0.25) is 0 Å². The fourth-order valence-corrected chi connectivity index (χ4v) is 1.85. The topological polar surface area (TPSA) is 31.9 Å². The lowest BCUT2D eigenvalue weighted by molar-refractivity contribution is 0.327. The van der Waals surface area contributed by atoms with Crippen molar-refractivity contribution in [3.63, 3.8) is 0 Å². The summed E-state index contributed by atoms with van der Waals surface area (Å²) in [5, 5.41) is 0. The number of aromatic amines is 1. The molecule has 17 heavy (non-hydrogen) atoms. The third kappa shape index (κ3) is 3.43. The van der Waals surface area contributed by atoms with E-state index in [2.05, 4.69) is 59.2 Å². The summed E-state index contributed by atoms with van der Waals surface area (Å²) < 4.78 is 0. The number of hydrogen-bond donors (Lipinski definition) is 1.